The third kappa shape index (κ3) is 4.00. The molecule has 6 heteroatoms. The van der Waals surface area contributed by atoms with Crippen molar-refractivity contribution in [2.75, 3.05) is 31.1 Å². The molecular formula is C17H16BrFN2OS. The molecule has 2 aromatic rings. The summed E-state index contributed by atoms with van der Waals surface area (Å²) in [4.78, 5) is 17.1. The van der Waals surface area contributed by atoms with Gasteiger partial charge in [-0.15, -0.1) is 11.3 Å². The van der Waals surface area contributed by atoms with Crippen LogP contribution in [0.4, 0.5) is 10.1 Å². The molecule has 1 amide bonds. The number of hydrogen-bond donors (Lipinski definition) is 0. The molecule has 0 saturated carbocycles. The van der Waals surface area contributed by atoms with Gasteiger partial charge >= 0.3 is 0 Å². The summed E-state index contributed by atoms with van der Waals surface area (Å²) in [5, 5.41) is 0. The van der Waals surface area contributed by atoms with Gasteiger partial charge in [-0.1, -0.05) is 12.1 Å². The second kappa shape index (κ2) is 7.27. The summed E-state index contributed by atoms with van der Waals surface area (Å²) in [6.45, 7) is 2.49. The van der Waals surface area contributed by atoms with E-state index in [0.717, 1.165) is 8.66 Å². The van der Waals surface area contributed by atoms with Crippen molar-refractivity contribution < 1.29 is 9.18 Å². The highest BCUT2D eigenvalue weighted by Gasteiger charge is 2.21. The monoisotopic (exact) mass is 394 g/mol. The van der Waals surface area contributed by atoms with E-state index in [0.29, 0.717) is 31.9 Å². The van der Waals surface area contributed by atoms with Gasteiger partial charge in [0, 0.05) is 37.1 Å². The lowest BCUT2D eigenvalue weighted by Gasteiger charge is -2.35. The van der Waals surface area contributed by atoms with Crippen molar-refractivity contribution in [3.05, 3.63) is 57.0 Å². The number of carbonyl (C=O) groups is 1. The van der Waals surface area contributed by atoms with Gasteiger partial charge in [-0.25, -0.2) is 4.39 Å². The van der Waals surface area contributed by atoms with Crippen molar-refractivity contribution in [1.29, 1.82) is 0 Å². The molecule has 0 atom stereocenters. The Labute approximate surface area is 147 Å². The standard InChI is InChI=1S/C17H16BrFN2OS/c18-16-7-5-13(23-16)6-8-17(22)21-11-9-20(10-12-21)15-4-2-1-3-14(15)19/h1-8H,9-12H2/b8-6+. The van der Waals surface area contributed by atoms with Crippen molar-refractivity contribution in [1.82, 2.24) is 4.90 Å². The van der Waals surface area contributed by atoms with Gasteiger partial charge in [0.1, 0.15) is 5.82 Å². The average Bonchev–Trinajstić information content (AvgIpc) is 2.99. The van der Waals surface area contributed by atoms with Gasteiger partial charge in [0.05, 0.1) is 9.47 Å². The number of halogens is 2. The molecule has 2 heterocycles. The van der Waals surface area contributed by atoms with Crippen LogP contribution in [0.3, 0.4) is 0 Å². The van der Waals surface area contributed by atoms with E-state index in [4.69, 9.17) is 0 Å². The van der Waals surface area contributed by atoms with E-state index < -0.39 is 0 Å². The van der Waals surface area contributed by atoms with Crippen LogP contribution >= 0.6 is 27.3 Å². The molecular weight excluding hydrogens is 379 g/mol. The molecule has 3 rings (SSSR count). The van der Waals surface area contributed by atoms with E-state index in [1.165, 1.54) is 6.07 Å². The van der Waals surface area contributed by atoms with Crippen LogP contribution < -0.4 is 4.90 Å². The number of nitrogens with zero attached hydrogens (tertiary/aromatic N) is 2. The molecule has 120 valence electrons. The van der Waals surface area contributed by atoms with E-state index in [2.05, 4.69) is 15.9 Å². The van der Waals surface area contributed by atoms with Gasteiger partial charge in [-0.05, 0) is 46.3 Å². The zero-order chi connectivity index (χ0) is 16.2. The molecule has 1 fully saturated rings. The Hall–Kier alpha value is -1.66. The number of benzene rings is 1. The van der Waals surface area contributed by atoms with E-state index in [1.807, 2.05) is 29.2 Å². The van der Waals surface area contributed by atoms with Crippen molar-refractivity contribution in [2.24, 2.45) is 0 Å². The minimum atomic E-state index is -0.213. The van der Waals surface area contributed by atoms with Crippen LogP contribution in [-0.4, -0.2) is 37.0 Å². The first-order chi connectivity index (χ1) is 11.1. The van der Waals surface area contributed by atoms with Crippen molar-refractivity contribution in [2.45, 2.75) is 0 Å². The van der Waals surface area contributed by atoms with Crippen molar-refractivity contribution in [3.63, 3.8) is 0 Å². The first kappa shape index (κ1) is 16.2. The minimum Gasteiger partial charge on any atom is -0.366 e. The highest BCUT2D eigenvalue weighted by atomic mass is 79.9. The molecule has 3 nitrogen and oxygen atoms in total. The fraction of sp³-hybridized carbons (Fsp3) is 0.235. The lowest BCUT2D eigenvalue weighted by molar-refractivity contribution is -0.126. The predicted molar refractivity (Wildman–Crippen MR) is 96.2 cm³/mol. The summed E-state index contributed by atoms with van der Waals surface area (Å²) in [5.41, 5.74) is 0.610. The molecule has 1 aliphatic rings. The first-order valence-electron chi connectivity index (χ1n) is 7.35. The van der Waals surface area contributed by atoms with Crippen LogP contribution in [-0.2, 0) is 4.79 Å². The summed E-state index contributed by atoms with van der Waals surface area (Å²) in [7, 11) is 0. The number of thiophene rings is 1. The van der Waals surface area contributed by atoms with Crippen LogP contribution in [0, 0.1) is 5.82 Å². The van der Waals surface area contributed by atoms with Gasteiger partial charge in [0.25, 0.3) is 0 Å². The highest BCUT2D eigenvalue weighted by molar-refractivity contribution is 9.11. The molecule has 1 aromatic carbocycles. The van der Waals surface area contributed by atoms with Crippen molar-refractivity contribution in [3.8, 4) is 0 Å². The molecule has 0 radical (unpaired) electrons. The topological polar surface area (TPSA) is 23.6 Å². The molecule has 0 unspecified atom stereocenters. The lowest BCUT2D eigenvalue weighted by Crippen LogP contribution is -2.48. The maximum Gasteiger partial charge on any atom is 0.246 e. The largest absolute Gasteiger partial charge is 0.366 e. The Kier molecular flexibility index (Phi) is 5.13. The van der Waals surface area contributed by atoms with Crippen LogP contribution in [0.5, 0.6) is 0 Å². The molecule has 0 bridgehead atoms. The minimum absolute atomic E-state index is 0.00251. The quantitative estimate of drug-likeness (QED) is 0.734. The lowest BCUT2D eigenvalue weighted by atomic mass is 10.2. The fourth-order valence-corrected chi connectivity index (χ4v) is 3.88. The second-order valence-corrected chi connectivity index (χ2v) is 7.73. The van der Waals surface area contributed by atoms with Crippen LogP contribution in [0.25, 0.3) is 6.08 Å². The van der Waals surface area contributed by atoms with Gasteiger partial charge in [-0.2, -0.15) is 0 Å². The molecule has 23 heavy (non-hydrogen) atoms. The maximum atomic E-state index is 13.8. The molecule has 0 aliphatic carbocycles. The van der Waals surface area contributed by atoms with E-state index >= 15 is 0 Å². The highest BCUT2D eigenvalue weighted by Crippen LogP contribution is 2.23. The van der Waals surface area contributed by atoms with E-state index in [9.17, 15) is 9.18 Å². The maximum absolute atomic E-state index is 13.8. The molecule has 1 aliphatic heterocycles. The van der Waals surface area contributed by atoms with Crippen molar-refractivity contribution >= 4 is 44.9 Å². The first-order valence-corrected chi connectivity index (χ1v) is 8.96. The average molecular weight is 395 g/mol. The number of carbonyl (C=O) groups excluding carboxylic acids is 1. The molecule has 1 saturated heterocycles. The number of para-hydroxylation sites is 1. The SMILES string of the molecule is O=C(/C=C/c1ccc(Br)s1)N1CCN(c2ccccc2F)CC1. The fourth-order valence-electron chi connectivity index (χ4n) is 2.55. The molecule has 0 spiro atoms. The Morgan fingerprint density at radius 2 is 1.87 bits per heavy atom. The number of hydrogen-bond acceptors (Lipinski definition) is 3. The summed E-state index contributed by atoms with van der Waals surface area (Å²) >= 11 is 4.99. The number of piperazine rings is 1. The Balaban J connectivity index is 1.57. The van der Waals surface area contributed by atoms with E-state index in [1.54, 1.807) is 34.4 Å². The van der Waals surface area contributed by atoms with Gasteiger partial charge < -0.3 is 9.80 Å². The zero-order valence-corrected chi connectivity index (χ0v) is 14.8. The van der Waals surface area contributed by atoms with Crippen LogP contribution in [0.15, 0.2) is 46.3 Å². The van der Waals surface area contributed by atoms with Crippen LogP contribution in [0.1, 0.15) is 4.88 Å². The van der Waals surface area contributed by atoms with E-state index in [-0.39, 0.29) is 11.7 Å². The zero-order valence-electron chi connectivity index (χ0n) is 12.4. The second-order valence-electron chi connectivity index (χ2n) is 5.24. The molecule has 1 aromatic heterocycles. The molecule has 0 N–H and O–H groups in total. The summed E-state index contributed by atoms with van der Waals surface area (Å²) in [6, 6.07) is 10.7. The smallest absolute Gasteiger partial charge is 0.246 e. The van der Waals surface area contributed by atoms with Crippen LogP contribution in [0.2, 0.25) is 0 Å². The van der Waals surface area contributed by atoms with Gasteiger partial charge in [0.15, 0.2) is 0 Å². The number of amides is 1. The third-order valence-corrected chi connectivity index (χ3v) is 5.36. The number of rotatable bonds is 3. The Bertz CT molecular complexity index is 723. The number of anilines is 1. The van der Waals surface area contributed by atoms with Gasteiger partial charge in [-0.3, -0.25) is 4.79 Å². The normalized spacial score (nSPS) is 15.4. The summed E-state index contributed by atoms with van der Waals surface area (Å²) in [6.07, 6.45) is 3.44. The Morgan fingerprint density at radius 1 is 1.13 bits per heavy atom. The Morgan fingerprint density at radius 3 is 2.52 bits per heavy atom. The summed E-state index contributed by atoms with van der Waals surface area (Å²) in [5.74, 6) is -0.210. The summed E-state index contributed by atoms with van der Waals surface area (Å²) < 4.78 is 14.8. The third-order valence-electron chi connectivity index (χ3n) is 3.77. The predicted octanol–water partition coefficient (Wildman–Crippen LogP) is 4.01. The van der Waals surface area contributed by atoms with Gasteiger partial charge in [0.2, 0.25) is 5.91 Å².